The van der Waals surface area contributed by atoms with Crippen LogP contribution in [0.5, 0.6) is 0 Å². The van der Waals surface area contributed by atoms with Gasteiger partial charge in [0.2, 0.25) is 11.8 Å². The van der Waals surface area contributed by atoms with Crippen molar-refractivity contribution in [2.45, 2.75) is 76.4 Å². The number of piperazine rings is 1. The van der Waals surface area contributed by atoms with E-state index in [1.807, 2.05) is 93.7 Å². The van der Waals surface area contributed by atoms with Crippen molar-refractivity contribution >= 4 is 11.8 Å². The van der Waals surface area contributed by atoms with Gasteiger partial charge >= 0.3 is 0 Å². The molecule has 2 heterocycles. The molecule has 1 aliphatic heterocycles. The van der Waals surface area contributed by atoms with Gasteiger partial charge in [0.05, 0.1) is 18.2 Å². The zero-order valence-electron chi connectivity index (χ0n) is 26.6. The third-order valence-corrected chi connectivity index (χ3v) is 8.70. The number of rotatable bonds is 11. The molecule has 1 fully saturated rings. The highest BCUT2D eigenvalue weighted by Crippen LogP contribution is 2.32. The summed E-state index contributed by atoms with van der Waals surface area (Å²) in [4.78, 5) is 35.9. The highest BCUT2D eigenvalue weighted by atomic mass is 16.3. The Bertz CT molecular complexity index is 1410. The second-order valence-corrected chi connectivity index (χ2v) is 13.6. The van der Waals surface area contributed by atoms with Gasteiger partial charge in [-0.1, -0.05) is 60.7 Å². The number of benzene rings is 2. The molecule has 1 aromatic heterocycles. The third kappa shape index (κ3) is 8.98. The second-order valence-electron chi connectivity index (χ2n) is 13.6. The predicted octanol–water partition coefficient (Wildman–Crippen LogP) is 2.87. The highest BCUT2D eigenvalue weighted by Gasteiger charge is 2.37. The van der Waals surface area contributed by atoms with Gasteiger partial charge in [0, 0.05) is 63.0 Å². The molecule has 4 N–H and O–H groups in total. The Hall–Kier alpha value is -3.63. The summed E-state index contributed by atoms with van der Waals surface area (Å²) in [5.41, 5.74) is 3.68. The van der Waals surface area contributed by atoms with Crippen molar-refractivity contribution < 1.29 is 19.8 Å². The number of β-amino-alcohol motifs (C(OH)–C–C–N with tert-alkyl or cyclic N) is 1. The van der Waals surface area contributed by atoms with Crippen LogP contribution in [0.2, 0.25) is 0 Å². The van der Waals surface area contributed by atoms with Gasteiger partial charge in [-0.15, -0.1) is 0 Å². The van der Waals surface area contributed by atoms with Gasteiger partial charge in [-0.25, -0.2) is 0 Å². The van der Waals surface area contributed by atoms with Crippen LogP contribution in [0.1, 0.15) is 55.5 Å². The van der Waals surface area contributed by atoms with Crippen LogP contribution < -0.4 is 10.6 Å². The van der Waals surface area contributed by atoms with Crippen LogP contribution in [0, 0.1) is 5.92 Å². The van der Waals surface area contributed by atoms with E-state index in [0.717, 1.165) is 28.8 Å². The fraction of sp³-hybridized carbons (Fsp3) is 0.472. The smallest absolute Gasteiger partial charge is 0.239 e. The van der Waals surface area contributed by atoms with Gasteiger partial charge in [-0.05, 0) is 61.9 Å². The van der Waals surface area contributed by atoms with E-state index in [1.54, 1.807) is 6.20 Å². The van der Waals surface area contributed by atoms with Gasteiger partial charge < -0.3 is 20.8 Å². The summed E-state index contributed by atoms with van der Waals surface area (Å²) in [6.07, 6.45) is 3.26. The van der Waals surface area contributed by atoms with Crippen LogP contribution in [0.25, 0.3) is 0 Å². The van der Waals surface area contributed by atoms with Crippen LogP contribution >= 0.6 is 0 Å². The number of aromatic nitrogens is 1. The molecule has 2 aromatic carbocycles. The Labute approximate surface area is 266 Å². The number of pyridine rings is 1. The lowest BCUT2D eigenvalue weighted by molar-refractivity contribution is -0.132. The van der Waals surface area contributed by atoms with Crippen LogP contribution in [0.3, 0.4) is 0 Å². The maximum absolute atomic E-state index is 13.8. The number of amides is 2. The van der Waals surface area contributed by atoms with Gasteiger partial charge in [0.15, 0.2) is 0 Å². The Morgan fingerprint density at radius 1 is 1.00 bits per heavy atom. The number of aliphatic hydroxyl groups excluding tert-OH is 2. The molecule has 5 atom stereocenters. The number of nitrogens with one attached hydrogen (secondary N) is 2. The van der Waals surface area contributed by atoms with Gasteiger partial charge in [-0.2, -0.15) is 0 Å². The van der Waals surface area contributed by atoms with Crippen molar-refractivity contribution in [3.63, 3.8) is 0 Å². The lowest BCUT2D eigenvalue weighted by atomic mass is 9.91. The number of carbonyl (C=O) groups is 2. The van der Waals surface area contributed by atoms with Crippen molar-refractivity contribution in [1.82, 2.24) is 25.4 Å². The van der Waals surface area contributed by atoms with Gasteiger partial charge in [0.1, 0.15) is 6.04 Å². The molecule has 1 aliphatic carbocycles. The fourth-order valence-corrected chi connectivity index (χ4v) is 6.56. The average Bonchev–Trinajstić information content (AvgIpc) is 3.32. The molecule has 0 radical (unpaired) electrons. The lowest BCUT2D eigenvalue weighted by Gasteiger charge is -2.42. The summed E-state index contributed by atoms with van der Waals surface area (Å²) in [7, 11) is 0. The molecule has 3 aromatic rings. The van der Waals surface area contributed by atoms with E-state index in [9.17, 15) is 19.8 Å². The molecule has 1 saturated heterocycles. The zero-order chi connectivity index (χ0) is 32.0. The van der Waals surface area contributed by atoms with Crippen molar-refractivity contribution in [2.75, 3.05) is 26.2 Å². The first-order chi connectivity index (χ1) is 21.6. The number of nitrogens with zero attached hydrogens (tertiary/aromatic N) is 3. The van der Waals surface area contributed by atoms with Crippen LogP contribution in [0.4, 0.5) is 0 Å². The quantitative estimate of drug-likeness (QED) is 0.263. The van der Waals surface area contributed by atoms with E-state index in [1.165, 1.54) is 0 Å². The number of fused-ring (bicyclic) bond motifs is 1. The predicted molar refractivity (Wildman–Crippen MR) is 174 cm³/mol. The van der Waals surface area contributed by atoms with Crippen LogP contribution in [-0.4, -0.2) is 86.8 Å². The van der Waals surface area contributed by atoms with Crippen molar-refractivity contribution in [1.29, 1.82) is 0 Å². The van der Waals surface area contributed by atoms with Crippen LogP contribution in [-0.2, 0) is 29.0 Å². The summed E-state index contributed by atoms with van der Waals surface area (Å²) < 4.78 is 0. The highest BCUT2D eigenvalue weighted by molar-refractivity contribution is 5.83. The van der Waals surface area contributed by atoms with Crippen molar-refractivity contribution in [3.05, 3.63) is 101 Å². The molecule has 2 amide bonds. The minimum Gasteiger partial charge on any atom is -0.392 e. The summed E-state index contributed by atoms with van der Waals surface area (Å²) in [6, 6.07) is 20.6. The third-order valence-electron chi connectivity index (χ3n) is 8.70. The number of aliphatic hydroxyl groups is 2. The summed E-state index contributed by atoms with van der Waals surface area (Å²) in [5.74, 6) is -0.781. The van der Waals surface area contributed by atoms with Crippen molar-refractivity contribution in [2.24, 2.45) is 5.92 Å². The molecule has 2 aliphatic rings. The maximum atomic E-state index is 13.8. The monoisotopic (exact) mass is 613 g/mol. The minimum absolute atomic E-state index is 0.0712. The summed E-state index contributed by atoms with van der Waals surface area (Å²) in [6.45, 7) is 8.74. The van der Waals surface area contributed by atoms with Crippen LogP contribution in [0.15, 0.2) is 79.1 Å². The summed E-state index contributed by atoms with van der Waals surface area (Å²) >= 11 is 0. The first-order valence-electron chi connectivity index (χ1n) is 16.0. The minimum atomic E-state index is -0.833. The Morgan fingerprint density at radius 3 is 2.47 bits per heavy atom. The molecule has 9 heteroatoms. The standard InChI is InChI=1S/C36H47N5O4/c1-36(2,3)39-35(45)31-24-40(22-26-12-9-15-37-21-26)16-17-41(31)23-29(42)19-28(18-25-10-5-4-6-11-25)34(44)38-33-30-14-8-7-13-27(30)20-32(33)43/h4-15,21,28-29,31-33,42-43H,16-20,22-24H2,1-3H3,(H,38,44)(H,39,45)/t28-,29+,31?,32?,33?/m1/s1. The van der Waals surface area contributed by atoms with E-state index >= 15 is 0 Å². The second kappa shape index (κ2) is 14.6. The molecule has 3 unspecified atom stereocenters. The maximum Gasteiger partial charge on any atom is 0.239 e. The van der Waals surface area contributed by atoms with E-state index in [-0.39, 0.29) is 24.8 Å². The summed E-state index contributed by atoms with van der Waals surface area (Å²) in [5, 5.41) is 28.5. The zero-order valence-corrected chi connectivity index (χ0v) is 26.6. The van der Waals surface area contributed by atoms with Gasteiger partial charge in [-0.3, -0.25) is 24.4 Å². The molecular formula is C36H47N5O4. The number of hydrogen-bond acceptors (Lipinski definition) is 7. The fourth-order valence-electron chi connectivity index (χ4n) is 6.56. The lowest BCUT2D eigenvalue weighted by Crippen LogP contribution is -2.61. The molecule has 240 valence electrons. The Kier molecular flexibility index (Phi) is 10.7. The molecule has 0 bridgehead atoms. The van der Waals surface area contributed by atoms with Gasteiger partial charge in [0.25, 0.3) is 0 Å². The van der Waals surface area contributed by atoms with E-state index < -0.39 is 35.7 Å². The largest absolute Gasteiger partial charge is 0.392 e. The molecule has 0 spiro atoms. The topological polar surface area (TPSA) is 118 Å². The molecular weight excluding hydrogens is 566 g/mol. The van der Waals surface area contributed by atoms with E-state index in [0.29, 0.717) is 32.5 Å². The average molecular weight is 614 g/mol. The molecule has 0 saturated carbocycles. The Balaban J connectivity index is 1.29. The van der Waals surface area contributed by atoms with E-state index in [4.69, 9.17) is 0 Å². The molecule has 9 nitrogen and oxygen atoms in total. The van der Waals surface area contributed by atoms with E-state index in [2.05, 4.69) is 25.4 Å². The van der Waals surface area contributed by atoms with Crippen molar-refractivity contribution in [3.8, 4) is 0 Å². The first-order valence-corrected chi connectivity index (χ1v) is 16.0. The molecule has 5 rings (SSSR count). The first kappa shape index (κ1) is 32.8. The normalized spacial score (nSPS) is 21.9. The SMILES string of the molecule is CC(C)(C)NC(=O)C1CN(Cc2cccnc2)CCN1C[C@@H](O)C[C@@H](Cc1ccccc1)C(=O)NC1c2ccccc2CC1O. The Morgan fingerprint density at radius 2 is 1.73 bits per heavy atom. The molecule has 45 heavy (non-hydrogen) atoms. The number of carbonyl (C=O) groups excluding carboxylic acids is 2. The number of hydrogen-bond donors (Lipinski definition) is 4.